The molecule has 0 aromatic carbocycles. The number of unbranched alkanes of at least 4 members (excludes halogenated alkanes) is 21. The van der Waals surface area contributed by atoms with Crippen molar-refractivity contribution in [1.29, 1.82) is 0 Å². The van der Waals surface area contributed by atoms with Crippen LogP contribution in [0.5, 0.6) is 0 Å². The van der Waals surface area contributed by atoms with Gasteiger partial charge < -0.3 is 15.0 Å². The summed E-state index contributed by atoms with van der Waals surface area (Å²) in [6, 6.07) is 0. The molecule has 0 heterocycles. The minimum Gasteiger partial charge on any atom is -0.356 e. The number of nitrogens with one attached hydrogen (secondary N) is 1. The highest BCUT2D eigenvalue weighted by atomic mass is 16.5. The predicted octanol–water partition coefficient (Wildman–Crippen LogP) is 9.76. The zero-order chi connectivity index (χ0) is 29.4. The Hall–Kier alpha value is -1.10. The third kappa shape index (κ3) is 31.4. The maximum atomic E-state index is 12.1. The Kier molecular flexibility index (Phi) is 31.5. The van der Waals surface area contributed by atoms with Gasteiger partial charge in [0.1, 0.15) is 6.42 Å². The highest BCUT2D eigenvalue weighted by Gasteiger charge is 2.16. The summed E-state index contributed by atoms with van der Waals surface area (Å²) in [7, 11) is 2.03. The van der Waals surface area contributed by atoms with Gasteiger partial charge in [0.2, 0.25) is 5.91 Å². The van der Waals surface area contributed by atoms with E-state index in [-0.39, 0.29) is 11.9 Å². The van der Waals surface area contributed by atoms with Crippen LogP contribution in [0, 0.1) is 0 Å². The highest BCUT2D eigenvalue weighted by molar-refractivity contribution is 5.75. The van der Waals surface area contributed by atoms with Crippen molar-refractivity contribution in [3.05, 3.63) is 0 Å². The monoisotopic (exact) mass is 567 g/mol. The number of amides is 1. The summed E-state index contributed by atoms with van der Waals surface area (Å²) in [5.41, 5.74) is 0. The largest absolute Gasteiger partial charge is 0.574 e. The smallest absolute Gasteiger partial charge is 0.356 e. The standard InChI is InChI=1S/C35H70N2O3/c1-4-6-8-10-12-14-16-18-20-22-24-26-30-36-34(38)28-27-31-37(3)32-33-40-35(39)29-25-23-21-19-17-15-13-11-9-7-5-2/h4-33H2,1-3H3,(H,36,38)/q+1. The molecule has 1 amide bonds. The van der Waals surface area contributed by atoms with Crippen LogP contribution in [0.2, 0.25) is 0 Å². The molecular weight excluding hydrogens is 496 g/mol. The quantitative estimate of drug-likeness (QED) is 0.0500. The molecule has 1 radical (unpaired) electrons. The summed E-state index contributed by atoms with van der Waals surface area (Å²) in [5, 5.41) is 3.07. The third-order valence-corrected chi connectivity index (χ3v) is 8.02. The molecular formula is C35H70N2O3+. The topological polar surface area (TPSA) is 61.5 Å². The van der Waals surface area contributed by atoms with Gasteiger partial charge in [-0.05, 0) is 32.9 Å². The van der Waals surface area contributed by atoms with E-state index in [4.69, 9.17) is 4.74 Å². The fraction of sp³-hybridized carbons (Fsp3) is 0.943. The lowest BCUT2D eigenvalue weighted by Gasteiger charge is -2.14. The number of likely N-dealkylation sites (N-methyl/N-ethyl adjacent to an activating group) is 1. The lowest BCUT2D eigenvalue weighted by Crippen LogP contribution is -2.28. The molecule has 0 saturated heterocycles. The summed E-state index contributed by atoms with van der Waals surface area (Å²) >= 11 is 0. The van der Waals surface area contributed by atoms with E-state index in [0.29, 0.717) is 19.4 Å². The Labute approximate surface area is 250 Å². The van der Waals surface area contributed by atoms with Crippen molar-refractivity contribution < 1.29 is 14.3 Å². The van der Waals surface area contributed by atoms with Crippen LogP contribution in [0.4, 0.5) is 0 Å². The second-order valence-electron chi connectivity index (χ2n) is 12.2. The first-order valence-electron chi connectivity index (χ1n) is 17.7. The molecule has 40 heavy (non-hydrogen) atoms. The van der Waals surface area contributed by atoms with Crippen molar-refractivity contribution in [3.8, 4) is 0 Å². The molecule has 0 aliphatic carbocycles. The van der Waals surface area contributed by atoms with E-state index in [2.05, 4.69) is 24.1 Å². The number of carbonyl (C=O) groups is 2. The van der Waals surface area contributed by atoms with Crippen molar-refractivity contribution in [2.45, 2.75) is 181 Å². The molecule has 0 fully saturated rings. The Balaban J connectivity index is 3.38. The average molecular weight is 567 g/mol. The number of rotatable bonds is 32. The highest BCUT2D eigenvalue weighted by Crippen LogP contribution is 2.13. The van der Waals surface area contributed by atoms with Gasteiger partial charge in [0.15, 0.2) is 6.61 Å². The SMILES string of the molecule is CCCCCCCCCCCCCCNC(=O)CCCN(C)CCOC(=[O+])CCCCCCCCCCCCC. The average Bonchev–Trinajstić information content (AvgIpc) is 2.94. The Morgan fingerprint density at radius 2 is 1.00 bits per heavy atom. The summed E-state index contributed by atoms with van der Waals surface area (Å²) in [6.45, 7) is 7.36. The second kappa shape index (κ2) is 32.4. The van der Waals surface area contributed by atoms with Crippen molar-refractivity contribution >= 4 is 11.9 Å². The number of hydrogen-bond acceptors (Lipinski definition) is 4. The molecule has 0 bridgehead atoms. The number of ether oxygens (including phenoxy) is 1. The van der Waals surface area contributed by atoms with Gasteiger partial charge in [0, 0.05) is 17.8 Å². The zero-order valence-electron chi connectivity index (χ0n) is 27.4. The van der Waals surface area contributed by atoms with Crippen molar-refractivity contribution in [2.24, 2.45) is 0 Å². The first-order valence-corrected chi connectivity index (χ1v) is 17.7. The van der Waals surface area contributed by atoms with Crippen LogP contribution < -0.4 is 5.32 Å². The zero-order valence-corrected chi connectivity index (χ0v) is 27.4. The molecule has 1 N–H and O–H groups in total. The molecule has 0 aromatic heterocycles. The van der Waals surface area contributed by atoms with Gasteiger partial charge in [-0.2, -0.15) is 0 Å². The van der Waals surface area contributed by atoms with E-state index < -0.39 is 0 Å². The van der Waals surface area contributed by atoms with Crippen molar-refractivity contribution in [2.75, 3.05) is 33.3 Å². The van der Waals surface area contributed by atoms with Crippen LogP contribution in [0.15, 0.2) is 0 Å². The van der Waals surface area contributed by atoms with Crippen molar-refractivity contribution in [3.63, 3.8) is 0 Å². The van der Waals surface area contributed by atoms with Gasteiger partial charge >= 0.3 is 5.97 Å². The van der Waals surface area contributed by atoms with Gasteiger partial charge in [-0.3, -0.25) is 4.79 Å². The van der Waals surface area contributed by atoms with E-state index in [0.717, 1.165) is 45.3 Å². The van der Waals surface area contributed by atoms with Crippen LogP contribution >= 0.6 is 0 Å². The third-order valence-electron chi connectivity index (χ3n) is 8.02. The second-order valence-corrected chi connectivity index (χ2v) is 12.2. The minimum absolute atomic E-state index is 0.0680. The summed E-state index contributed by atoms with van der Waals surface area (Å²) in [4.78, 5) is 26.2. The minimum atomic E-state index is -0.0680. The van der Waals surface area contributed by atoms with Gasteiger partial charge in [-0.1, -0.05) is 149 Å². The van der Waals surface area contributed by atoms with E-state index in [9.17, 15) is 9.59 Å². The molecule has 0 spiro atoms. The molecule has 0 saturated carbocycles. The van der Waals surface area contributed by atoms with Crippen LogP contribution in [0.1, 0.15) is 181 Å². The molecule has 5 heteroatoms. The molecule has 5 nitrogen and oxygen atoms in total. The Morgan fingerprint density at radius 3 is 1.48 bits per heavy atom. The Morgan fingerprint density at radius 1 is 0.575 bits per heavy atom. The maximum absolute atomic E-state index is 12.1. The van der Waals surface area contributed by atoms with Crippen LogP contribution in [0.25, 0.3) is 0 Å². The molecule has 0 unspecified atom stereocenters. The molecule has 0 aliphatic heterocycles. The summed E-state index contributed by atoms with van der Waals surface area (Å²) < 4.78 is 5.40. The van der Waals surface area contributed by atoms with Crippen LogP contribution in [-0.2, 0) is 14.3 Å². The van der Waals surface area contributed by atoms with Gasteiger partial charge in [-0.25, -0.2) is 0 Å². The van der Waals surface area contributed by atoms with Crippen molar-refractivity contribution in [1.82, 2.24) is 10.2 Å². The maximum Gasteiger partial charge on any atom is 0.574 e. The summed E-state index contributed by atoms with van der Waals surface area (Å²) in [6.07, 6.45) is 32.2. The number of carbonyl (C=O) groups excluding carboxylic acids is 2. The molecule has 237 valence electrons. The number of nitrogens with zero attached hydrogens (tertiary/aromatic N) is 1. The first kappa shape index (κ1) is 38.9. The van der Waals surface area contributed by atoms with Gasteiger partial charge in [0.05, 0.1) is 6.54 Å². The van der Waals surface area contributed by atoms with E-state index in [1.54, 1.807) is 0 Å². The molecule has 0 atom stereocenters. The van der Waals surface area contributed by atoms with Crippen LogP contribution in [0.3, 0.4) is 0 Å². The molecule has 0 aliphatic rings. The van der Waals surface area contributed by atoms with Gasteiger partial charge in [-0.15, -0.1) is 0 Å². The fourth-order valence-corrected chi connectivity index (χ4v) is 5.22. The fourth-order valence-electron chi connectivity index (χ4n) is 5.22. The Bertz CT molecular complexity index is 541. The number of esters is 1. The lowest BCUT2D eigenvalue weighted by molar-refractivity contribution is -0.144. The first-order chi connectivity index (χ1) is 19.6. The lowest BCUT2D eigenvalue weighted by atomic mass is 10.1. The van der Waals surface area contributed by atoms with E-state index in [1.807, 2.05) is 7.05 Å². The molecule has 0 aromatic rings. The predicted molar refractivity (Wildman–Crippen MR) is 173 cm³/mol. The normalized spacial score (nSPS) is 11.3. The van der Waals surface area contributed by atoms with Gasteiger partial charge in [0.25, 0.3) is 0 Å². The summed E-state index contributed by atoms with van der Waals surface area (Å²) in [5.74, 6) is 0.0939. The molecule has 0 rings (SSSR count). The van der Waals surface area contributed by atoms with E-state index in [1.165, 1.54) is 128 Å². The van der Waals surface area contributed by atoms with Crippen LogP contribution in [-0.4, -0.2) is 50.1 Å². The van der Waals surface area contributed by atoms with E-state index >= 15 is 0 Å². The number of hydrogen-bond donors (Lipinski definition) is 1.